The first-order valence-electron chi connectivity index (χ1n) is 12.3. The number of carbonyl (C=O) groups excluding carboxylic acids is 2. The van der Waals surface area contributed by atoms with Crippen molar-refractivity contribution in [1.82, 2.24) is 10.2 Å². The van der Waals surface area contributed by atoms with E-state index in [0.717, 1.165) is 22.3 Å². The Morgan fingerprint density at radius 3 is 2.25 bits per heavy atom. The Balaban J connectivity index is 1.89. The highest BCUT2D eigenvalue weighted by molar-refractivity contribution is 6.30. The molecular weight excluding hydrogens is 472 g/mol. The van der Waals surface area contributed by atoms with Crippen LogP contribution >= 0.6 is 11.6 Å². The SMILES string of the molecule is Cc1ccc(OCC(=O)N(Cc2ccc(Cl)cc2)C(Cc2ccccc2)C(=O)NCC(C)C)cc1C. The standard InChI is InChI=1S/C30H35ClN2O3/c1-21(2)18-32-30(35)28(17-24-8-6-5-7-9-24)33(19-25-11-13-26(31)14-12-25)29(34)20-36-27-15-10-22(3)23(4)16-27/h5-16,21,28H,17-20H2,1-4H3,(H,32,35). The van der Waals surface area contributed by atoms with E-state index < -0.39 is 6.04 Å². The summed E-state index contributed by atoms with van der Waals surface area (Å²) in [5.74, 6) is 0.478. The molecule has 3 aromatic rings. The van der Waals surface area contributed by atoms with Crippen LogP contribution in [0, 0.1) is 19.8 Å². The Labute approximate surface area is 219 Å². The lowest BCUT2D eigenvalue weighted by molar-refractivity contribution is -0.142. The highest BCUT2D eigenvalue weighted by atomic mass is 35.5. The first-order chi connectivity index (χ1) is 17.2. The van der Waals surface area contributed by atoms with Crippen LogP contribution in [0.2, 0.25) is 5.02 Å². The predicted molar refractivity (Wildman–Crippen MR) is 145 cm³/mol. The van der Waals surface area contributed by atoms with Gasteiger partial charge in [-0.05, 0) is 66.3 Å². The van der Waals surface area contributed by atoms with Gasteiger partial charge in [0.25, 0.3) is 5.91 Å². The van der Waals surface area contributed by atoms with Crippen LogP contribution in [0.15, 0.2) is 72.8 Å². The number of hydrogen-bond acceptors (Lipinski definition) is 3. The lowest BCUT2D eigenvalue weighted by Crippen LogP contribution is -2.52. The van der Waals surface area contributed by atoms with Crippen LogP contribution in [0.4, 0.5) is 0 Å². The van der Waals surface area contributed by atoms with Crippen molar-refractivity contribution in [2.45, 2.75) is 46.7 Å². The zero-order chi connectivity index (χ0) is 26.1. The summed E-state index contributed by atoms with van der Waals surface area (Å²) < 4.78 is 5.88. The van der Waals surface area contributed by atoms with Crippen molar-refractivity contribution in [3.63, 3.8) is 0 Å². The number of amides is 2. The zero-order valence-electron chi connectivity index (χ0n) is 21.5. The molecule has 0 saturated carbocycles. The van der Waals surface area contributed by atoms with Gasteiger partial charge in [-0.15, -0.1) is 0 Å². The summed E-state index contributed by atoms with van der Waals surface area (Å²) in [5, 5.41) is 3.64. The number of benzene rings is 3. The van der Waals surface area contributed by atoms with Crippen molar-refractivity contribution in [3.05, 3.63) is 100 Å². The number of aryl methyl sites for hydroxylation is 2. The molecule has 36 heavy (non-hydrogen) atoms. The van der Waals surface area contributed by atoms with E-state index in [2.05, 4.69) is 5.32 Å². The molecule has 0 bridgehead atoms. The molecule has 0 aliphatic heterocycles. The maximum absolute atomic E-state index is 13.6. The van der Waals surface area contributed by atoms with Gasteiger partial charge in [-0.1, -0.05) is 74.0 Å². The Morgan fingerprint density at radius 2 is 1.61 bits per heavy atom. The van der Waals surface area contributed by atoms with Crippen molar-refractivity contribution in [2.24, 2.45) is 5.92 Å². The number of carbonyl (C=O) groups is 2. The van der Waals surface area contributed by atoms with Crippen molar-refractivity contribution in [3.8, 4) is 5.75 Å². The summed E-state index contributed by atoms with van der Waals surface area (Å²) in [7, 11) is 0. The van der Waals surface area contributed by atoms with Gasteiger partial charge in [0.15, 0.2) is 6.61 Å². The Hall–Kier alpha value is -3.31. The molecule has 0 radical (unpaired) electrons. The number of rotatable bonds is 11. The van der Waals surface area contributed by atoms with Crippen molar-refractivity contribution >= 4 is 23.4 Å². The number of ether oxygens (including phenoxy) is 1. The van der Waals surface area contributed by atoms with Gasteiger partial charge in [0.2, 0.25) is 5.91 Å². The molecule has 3 rings (SSSR count). The van der Waals surface area contributed by atoms with Crippen LogP contribution < -0.4 is 10.1 Å². The van der Waals surface area contributed by atoms with E-state index in [1.165, 1.54) is 0 Å². The maximum Gasteiger partial charge on any atom is 0.261 e. The van der Waals surface area contributed by atoms with Gasteiger partial charge in [-0.2, -0.15) is 0 Å². The minimum atomic E-state index is -0.697. The first kappa shape index (κ1) is 27.3. The second kappa shape index (κ2) is 13.1. The quantitative estimate of drug-likeness (QED) is 0.360. The summed E-state index contributed by atoms with van der Waals surface area (Å²) in [6, 6.07) is 22.1. The molecule has 0 aliphatic rings. The molecule has 1 N–H and O–H groups in total. The second-order valence-electron chi connectivity index (χ2n) is 9.53. The largest absolute Gasteiger partial charge is 0.484 e. The van der Waals surface area contributed by atoms with Gasteiger partial charge in [0.05, 0.1) is 0 Å². The van der Waals surface area contributed by atoms with Gasteiger partial charge in [-0.3, -0.25) is 9.59 Å². The fraction of sp³-hybridized carbons (Fsp3) is 0.333. The summed E-state index contributed by atoms with van der Waals surface area (Å²) >= 11 is 6.08. The maximum atomic E-state index is 13.6. The van der Waals surface area contributed by atoms with Gasteiger partial charge in [-0.25, -0.2) is 0 Å². The molecule has 2 amide bonds. The van der Waals surface area contributed by atoms with Crippen molar-refractivity contribution in [2.75, 3.05) is 13.2 Å². The van der Waals surface area contributed by atoms with E-state index in [4.69, 9.17) is 16.3 Å². The average Bonchev–Trinajstić information content (AvgIpc) is 2.87. The lowest BCUT2D eigenvalue weighted by atomic mass is 10.0. The van der Waals surface area contributed by atoms with Crippen molar-refractivity contribution < 1.29 is 14.3 Å². The van der Waals surface area contributed by atoms with E-state index in [-0.39, 0.29) is 25.0 Å². The van der Waals surface area contributed by atoms with Crippen molar-refractivity contribution in [1.29, 1.82) is 0 Å². The smallest absolute Gasteiger partial charge is 0.261 e. The van der Waals surface area contributed by atoms with Crippen LogP contribution in [0.1, 0.15) is 36.1 Å². The Bertz CT molecular complexity index is 1150. The Kier molecular flexibility index (Phi) is 9.95. The third-order valence-corrected chi connectivity index (χ3v) is 6.31. The minimum absolute atomic E-state index is 0.168. The van der Waals surface area contributed by atoms with Crippen LogP contribution in [0.3, 0.4) is 0 Å². The monoisotopic (exact) mass is 506 g/mol. The van der Waals surface area contributed by atoms with Crippen LogP contribution in [0.25, 0.3) is 0 Å². The minimum Gasteiger partial charge on any atom is -0.484 e. The molecule has 190 valence electrons. The van der Waals surface area contributed by atoms with Crippen LogP contribution in [-0.2, 0) is 22.6 Å². The normalized spacial score (nSPS) is 11.7. The molecule has 0 aromatic heterocycles. The molecule has 3 aromatic carbocycles. The second-order valence-corrected chi connectivity index (χ2v) is 9.96. The first-order valence-corrected chi connectivity index (χ1v) is 12.7. The number of nitrogens with one attached hydrogen (secondary N) is 1. The third kappa shape index (κ3) is 8.13. The molecule has 0 saturated heterocycles. The fourth-order valence-corrected chi connectivity index (χ4v) is 3.92. The highest BCUT2D eigenvalue weighted by Gasteiger charge is 2.30. The average molecular weight is 507 g/mol. The van der Waals surface area contributed by atoms with Gasteiger partial charge in [0, 0.05) is 24.5 Å². The molecule has 1 atom stereocenters. The van der Waals surface area contributed by atoms with Gasteiger partial charge < -0.3 is 15.0 Å². The molecule has 6 heteroatoms. The number of nitrogens with zero attached hydrogens (tertiary/aromatic N) is 1. The molecule has 0 spiro atoms. The highest BCUT2D eigenvalue weighted by Crippen LogP contribution is 2.19. The van der Waals surface area contributed by atoms with E-state index in [0.29, 0.717) is 29.7 Å². The van der Waals surface area contributed by atoms with E-state index >= 15 is 0 Å². The molecule has 0 fully saturated rings. The molecular formula is C30H35ClN2O3. The van der Waals surface area contributed by atoms with Gasteiger partial charge >= 0.3 is 0 Å². The third-order valence-electron chi connectivity index (χ3n) is 6.06. The molecule has 5 nitrogen and oxygen atoms in total. The predicted octanol–water partition coefficient (Wildman–Crippen LogP) is 5.75. The van der Waals surface area contributed by atoms with Crippen LogP contribution in [0.5, 0.6) is 5.75 Å². The number of hydrogen-bond donors (Lipinski definition) is 1. The van der Waals surface area contributed by atoms with E-state index in [1.807, 2.05) is 88.4 Å². The summed E-state index contributed by atoms with van der Waals surface area (Å²) in [6.07, 6.45) is 0.397. The van der Waals surface area contributed by atoms with Crippen LogP contribution in [-0.4, -0.2) is 35.9 Å². The van der Waals surface area contributed by atoms with Gasteiger partial charge in [0.1, 0.15) is 11.8 Å². The lowest BCUT2D eigenvalue weighted by Gasteiger charge is -2.31. The summed E-state index contributed by atoms with van der Waals surface area (Å²) in [6.45, 7) is 8.75. The molecule has 0 heterocycles. The van der Waals surface area contributed by atoms with E-state index in [9.17, 15) is 9.59 Å². The fourth-order valence-electron chi connectivity index (χ4n) is 3.79. The number of halogens is 1. The molecule has 0 aliphatic carbocycles. The Morgan fingerprint density at radius 1 is 0.917 bits per heavy atom. The topological polar surface area (TPSA) is 58.6 Å². The molecule has 1 unspecified atom stereocenters. The summed E-state index contributed by atoms with van der Waals surface area (Å²) in [4.78, 5) is 28.7. The summed E-state index contributed by atoms with van der Waals surface area (Å²) in [5.41, 5.74) is 4.11. The zero-order valence-corrected chi connectivity index (χ0v) is 22.2. The van der Waals surface area contributed by atoms with E-state index in [1.54, 1.807) is 17.0 Å².